The van der Waals surface area contributed by atoms with Crippen LogP contribution in [-0.4, -0.2) is 18.7 Å². The number of nitrogen functional groups attached to an aromatic ring is 1. The molecule has 3 aromatic carbocycles. The lowest BCUT2D eigenvalue weighted by Crippen LogP contribution is -2.26. The van der Waals surface area contributed by atoms with Gasteiger partial charge in [0.2, 0.25) is 0 Å². The van der Waals surface area contributed by atoms with Crippen molar-refractivity contribution in [3.63, 3.8) is 0 Å². The number of anilines is 3. The maximum absolute atomic E-state index is 11.5. The molecular weight excluding hydrogens is 364 g/mol. The van der Waals surface area contributed by atoms with Gasteiger partial charge in [-0.3, -0.25) is 4.79 Å². The number of Topliss-reactive ketones (excluding diaryl/α,β-unsaturated/α-hetero) is 1. The van der Waals surface area contributed by atoms with Crippen molar-refractivity contribution in [3.8, 4) is 11.1 Å². The van der Waals surface area contributed by atoms with Gasteiger partial charge in [-0.15, -0.1) is 5.10 Å². The van der Waals surface area contributed by atoms with E-state index in [1.807, 2.05) is 60.7 Å². The van der Waals surface area contributed by atoms with Gasteiger partial charge in [-0.25, -0.2) is 11.0 Å². The molecule has 0 saturated carbocycles. The average molecular weight is 388 g/mol. The molecule has 0 aliphatic carbocycles. The van der Waals surface area contributed by atoms with Gasteiger partial charge in [0.1, 0.15) is 0 Å². The summed E-state index contributed by atoms with van der Waals surface area (Å²) in [5.41, 5.74) is 23.1. The zero-order valence-electron chi connectivity index (χ0n) is 16.4. The monoisotopic (exact) mass is 388 g/mol. The van der Waals surface area contributed by atoms with Crippen LogP contribution in [0.25, 0.3) is 11.1 Å². The molecule has 29 heavy (non-hydrogen) atoms. The van der Waals surface area contributed by atoms with Crippen molar-refractivity contribution in [3.05, 3.63) is 77.9 Å². The molecule has 0 spiro atoms. The number of hydrazone groups is 1. The van der Waals surface area contributed by atoms with Gasteiger partial charge in [0.05, 0.1) is 11.4 Å². The fourth-order valence-electron chi connectivity index (χ4n) is 2.83. The van der Waals surface area contributed by atoms with Gasteiger partial charge >= 0.3 is 0 Å². The molecule has 0 radical (unpaired) electrons. The first-order valence-electron chi connectivity index (χ1n) is 9.11. The quantitative estimate of drug-likeness (QED) is 0.139. The summed E-state index contributed by atoms with van der Waals surface area (Å²) in [7, 11) is 1.70. The average Bonchev–Trinajstić information content (AvgIpc) is 2.74. The molecule has 3 rings (SSSR count). The number of hydrogen-bond donors (Lipinski definition) is 5. The minimum Gasteiger partial charge on any atom is -0.397 e. The first-order chi connectivity index (χ1) is 14.0. The summed E-state index contributed by atoms with van der Waals surface area (Å²) >= 11 is 0. The Kier molecular flexibility index (Phi) is 6.11. The Morgan fingerprint density at radius 2 is 1.66 bits per heavy atom. The van der Waals surface area contributed by atoms with E-state index in [0.717, 1.165) is 28.1 Å². The van der Waals surface area contributed by atoms with Crippen molar-refractivity contribution in [2.75, 3.05) is 18.1 Å². The van der Waals surface area contributed by atoms with E-state index >= 15 is 0 Å². The van der Waals surface area contributed by atoms with Crippen LogP contribution in [-0.2, 0) is 0 Å². The molecule has 7 heteroatoms. The summed E-state index contributed by atoms with van der Waals surface area (Å²) in [4.78, 5) is 11.5. The number of amidine groups is 1. The molecule has 0 atom stereocenters. The second-order valence-electron chi connectivity index (χ2n) is 6.50. The summed E-state index contributed by atoms with van der Waals surface area (Å²) in [5.74, 6) is 0.386. The number of hydrazine groups is 1. The van der Waals surface area contributed by atoms with Gasteiger partial charge in [0.25, 0.3) is 0 Å². The zero-order valence-corrected chi connectivity index (χ0v) is 16.4. The van der Waals surface area contributed by atoms with Crippen molar-refractivity contribution in [2.24, 2.45) is 10.8 Å². The Morgan fingerprint density at radius 1 is 0.931 bits per heavy atom. The van der Waals surface area contributed by atoms with E-state index in [4.69, 9.17) is 11.5 Å². The number of ketones is 1. The molecular formula is C22H24N6O. The van der Waals surface area contributed by atoms with Crippen LogP contribution in [0.1, 0.15) is 22.8 Å². The first kappa shape index (κ1) is 19.9. The first-order valence-corrected chi connectivity index (χ1v) is 9.11. The Labute approximate surface area is 169 Å². The van der Waals surface area contributed by atoms with Gasteiger partial charge in [-0.1, -0.05) is 36.4 Å². The molecule has 0 aliphatic heterocycles. The second kappa shape index (κ2) is 8.90. The summed E-state index contributed by atoms with van der Waals surface area (Å²) in [6.45, 7) is 1.56. The van der Waals surface area contributed by atoms with Crippen LogP contribution in [0, 0.1) is 0 Å². The SMILES string of the molecule is CNN/N=C(\N)c1ccc(N)c(Nc2cccc(-c3ccc(C(C)=O)cc3)c2)c1. The third kappa shape index (κ3) is 4.91. The second-order valence-corrected chi connectivity index (χ2v) is 6.50. The number of carbonyl (C=O) groups excluding carboxylic acids is 1. The van der Waals surface area contributed by atoms with Crippen molar-refractivity contribution in [1.82, 2.24) is 11.0 Å². The van der Waals surface area contributed by atoms with Crippen molar-refractivity contribution < 1.29 is 4.79 Å². The van der Waals surface area contributed by atoms with E-state index in [-0.39, 0.29) is 5.78 Å². The summed E-state index contributed by atoms with van der Waals surface area (Å²) in [6.07, 6.45) is 0. The van der Waals surface area contributed by atoms with Crippen LogP contribution < -0.4 is 27.7 Å². The predicted molar refractivity (Wildman–Crippen MR) is 119 cm³/mol. The Hall–Kier alpha value is -3.84. The topological polar surface area (TPSA) is 118 Å². The largest absolute Gasteiger partial charge is 0.397 e. The normalized spacial score (nSPS) is 11.2. The van der Waals surface area contributed by atoms with Crippen molar-refractivity contribution >= 4 is 28.7 Å². The summed E-state index contributed by atoms with van der Waals surface area (Å²) < 4.78 is 0. The minimum absolute atomic E-state index is 0.0510. The van der Waals surface area contributed by atoms with Crippen LogP contribution in [0.4, 0.5) is 17.1 Å². The number of nitrogens with two attached hydrogens (primary N) is 2. The fraction of sp³-hybridized carbons (Fsp3) is 0.0909. The standard InChI is InChI=1S/C22H24N6O/c1-14(29)15-6-8-16(9-7-15)17-4-3-5-19(12-17)26-21-13-18(10-11-20(21)23)22(24)27-28-25-2/h3-13,25-26,28H,23H2,1-2H3,(H2,24,27). The maximum atomic E-state index is 11.5. The van der Waals surface area contributed by atoms with Crippen LogP contribution in [0.15, 0.2) is 71.8 Å². The van der Waals surface area contributed by atoms with Gasteiger partial charge in [0, 0.05) is 23.9 Å². The Morgan fingerprint density at radius 3 is 2.34 bits per heavy atom. The van der Waals surface area contributed by atoms with Crippen LogP contribution in [0.3, 0.4) is 0 Å². The highest BCUT2D eigenvalue weighted by Crippen LogP contribution is 2.28. The molecule has 0 bridgehead atoms. The van der Waals surface area contributed by atoms with E-state index in [1.54, 1.807) is 20.0 Å². The van der Waals surface area contributed by atoms with E-state index < -0.39 is 0 Å². The molecule has 0 aliphatic rings. The van der Waals surface area contributed by atoms with E-state index in [0.29, 0.717) is 17.1 Å². The lowest BCUT2D eigenvalue weighted by atomic mass is 10.0. The lowest BCUT2D eigenvalue weighted by Gasteiger charge is -2.13. The molecule has 148 valence electrons. The van der Waals surface area contributed by atoms with E-state index in [9.17, 15) is 4.79 Å². The summed E-state index contributed by atoms with van der Waals surface area (Å²) in [5, 5.41) is 7.34. The van der Waals surface area contributed by atoms with Crippen LogP contribution >= 0.6 is 0 Å². The van der Waals surface area contributed by atoms with Gasteiger partial charge < -0.3 is 16.8 Å². The molecule has 0 fully saturated rings. The van der Waals surface area contributed by atoms with Gasteiger partial charge in [-0.2, -0.15) is 0 Å². The molecule has 0 saturated heterocycles. The van der Waals surface area contributed by atoms with Crippen molar-refractivity contribution in [1.29, 1.82) is 0 Å². The third-order valence-electron chi connectivity index (χ3n) is 4.40. The minimum atomic E-state index is 0.0510. The maximum Gasteiger partial charge on any atom is 0.159 e. The number of nitrogens with zero attached hydrogens (tertiary/aromatic N) is 1. The molecule has 0 heterocycles. The van der Waals surface area contributed by atoms with E-state index in [2.05, 4.69) is 21.4 Å². The van der Waals surface area contributed by atoms with Crippen LogP contribution in [0.5, 0.6) is 0 Å². The number of rotatable bonds is 7. The Bertz CT molecular complexity index is 1040. The van der Waals surface area contributed by atoms with Gasteiger partial charge in [-0.05, 0) is 48.4 Å². The number of carbonyl (C=O) groups is 1. The molecule has 0 amide bonds. The fourth-order valence-corrected chi connectivity index (χ4v) is 2.83. The highest BCUT2D eigenvalue weighted by atomic mass is 16.1. The number of hydrogen-bond acceptors (Lipinski definition) is 6. The third-order valence-corrected chi connectivity index (χ3v) is 4.40. The van der Waals surface area contributed by atoms with E-state index in [1.165, 1.54) is 0 Å². The molecule has 7 N–H and O–H groups in total. The Balaban J connectivity index is 1.86. The smallest absolute Gasteiger partial charge is 0.159 e. The van der Waals surface area contributed by atoms with Crippen molar-refractivity contribution in [2.45, 2.75) is 6.92 Å². The van der Waals surface area contributed by atoms with Gasteiger partial charge in [0.15, 0.2) is 11.6 Å². The predicted octanol–water partition coefficient (Wildman–Crippen LogP) is 3.23. The molecule has 0 aromatic heterocycles. The molecule has 7 nitrogen and oxygen atoms in total. The van der Waals surface area contributed by atoms with Crippen LogP contribution in [0.2, 0.25) is 0 Å². The molecule has 3 aromatic rings. The zero-order chi connectivity index (χ0) is 20.8. The number of benzene rings is 3. The molecule has 0 unspecified atom stereocenters. The lowest BCUT2D eigenvalue weighted by molar-refractivity contribution is 0.101. The summed E-state index contributed by atoms with van der Waals surface area (Å²) in [6, 6.07) is 20.9. The highest BCUT2D eigenvalue weighted by Gasteiger charge is 2.07. The highest BCUT2D eigenvalue weighted by molar-refractivity contribution is 5.99. The number of nitrogens with one attached hydrogen (secondary N) is 3.